The molecular formula is C15H24N2O. The Morgan fingerprint density at radius 3 is 2.50 bits per heavy atom. The van der Waals surface area contributed by atoms with Gasteiger partial charge in [0.1, 0.15) is 6.10 Å². The van der Waals surface area contributed by atoms with Crippen LogP contribution in [0, 0.1) is 5.92 Å². The Labute approximate surface area is 110 Å². The zero-order chi connectivity index (χ0) is 13.4. The molecule has 1 aromatic carbocycles. The smallest absolute Gasteiger partial charge is 0.102 e. The van der Waals surface area contributed by atoms with Gasteiger partial charge in [-0.05, 0) is 17.9 Å². The second-order valence-corrected chi connectivity index (χ2v) is 4.90. The number of rotatable bonds is 7. The van der Waals surface area contributed by atoms with Gasteiger partial charge < -0.3 is 10.5 Å². The van der Waals surface area contributed by atoms with Gasteiger partial charge in [0, 0.05) is 13.5 Å². The SMILES string of the molecule is CO[C@@H](CN=C(N)CCC(C)C)c1ccccc1. The Balaban J connectivity index is 2.51. The van der Waals surface area contributed by atoms with Crippen LogP contribution in [0.2, 0.25) is 0 Å². The van der Waals surface area contributed by atoms with Crippen LogP contribution in [0.1, 0.15) is 38.4 Å². The highest BCUT2D eigenvalue weighted by Crippen LogP contribution is 2.16. The summed E-state index contributed by atoms with van der Waals surface area (Å²) in [6.07, 6.45) is 1.94. The number of nitrogens with two attached hydrogens (primary N) is 1. The van der Waals surface area contributed by atoms with Gasteiger partial charge in [0.05, 0.1) is 12.4 Å². The first kappa shape index (κ1) is 14.7. The van der Waals surface area contributed by atoms with E-state index in [-0.39, 0.29) is 6.10 Å². The molecule has 0 aromatic heterocycles. The predicted molar refractivity (Wildman–Crippen MR) is 76.8 cm³/mol. The van der Waals surface area contributed by atoms with E-state index in [1.165, 1.54) is 0 Å². The number of hydrogen-bond acceptors (Lipinski definition) is 2. The lowest BCUT2D eigenvalue weighted by atomic mass is 10.1. The molecule has 18 heavy (non-hydrogen) atoms. The van der Waals surface area contributed by atoms with Crippen molar-refractivity contribution in [2.45, 2.75) is 32.8 Å². The van der Waals surface area contributed by atoms with Crippen molar-refractivity contribution >= 4 is 5.84 Å². The maximum Gasteiger partial charge on any atom is 0.102 e. The highest BCUT2D eigenvalue weighted by atomic mass is 16.5. The molecule has 0 saturated carbocycles. The summed E-state index contributed by atoms with van der Waals surface area (Å²) in [7, 11) is 1.71. The zero-order valence-corrected chi connectivity index (χ0v) is 11.6. The number of nitrogens with zero attached hydrogens (tertiary/aromatic N) is 1. The van der Waals surface area contributed by atoms with E-state index >= 15 is 0 Å². The summed E-state index contributed by atoms with van der Waals surface area (Å²) < 4.78 is 5.45. The predicted octanol–water partition coefficient (Wildman–Crippen LogP) is 3.17. The lowest BCUT2D eigenvalue weighted by Gasteiger charge is -2.13. The quantitative estimate of drug-likeness (QED) is 0.595. The summed E-state index contributed by atoms with van der Waals surface area (Å²) >= 11 is 0. The van der Waals surface area contributed by atoms with Crippen molar-refractivity contribution < 1.29 is 4.74 Å². The monoisotopic (exact) mass is 248 g/mol. The van der Waals surface area contributed by atoms with E-state index in [1.54, 1.807) is 7.11 Å². The Bertz CT molecular complexity index is 360. The number of amidine groups is 1. The maximum atomic E-state index is 5.90. The molecule has 0 amide bonds. The fraction of sp³-hybridized carbons (Fsp3) is 0.533. The Morgan fingerprint density at radius 1 is 1.28 bits per heavy atom. The third-order valence-corrected chi connectivity index (χ3v) is 2.89. The second-order valence-electron chi connectivity index (χ2n) is 4.90. The van der Waals surface area contributed by atoms with Gasteiger partial charge in [-0.1, -0.05) is 44.2 Å². The molecule has 100 valence electrons. The summed E-state index contributed by atoms with van der Waals surface area (Å²) in [6, 6.07) is 10.1. The molecule has 0 aliphatic carbocycles. The summed E-state index contributed by atoms with van der Waals surface area (Å²) in [5, 5.41) is 0. The van der Waals surface area contributed by atoms with Crippen LogP contribution >= 0.6 is 0 Å². The van der Waals surface area contributed by atoms with Crippen molar-refractivity contribution in [1.82, 2.24) is 0 Å². The van der Waals surface area contributed by atoms with Gasteiger partial charge in [0.2, 0.25) is 0 Å². The van der Waals surface area contributed by atoms with E-state index < -0.39 is 0 Å². The van der Waals surface area contributed by atoms with Crippen molar-refractivity contribution in [3.05, 3.63) is 35.9 Å². The van der Waals surface area contributed by atoms with Gasteiger partial charge in [-0.2, -0.15) is 0 Å². The molecule has 0 spiro atoms. The molecule has 1 atom stereocenters. The standard InChI is InChI=1S/C15H24N2O/c1-12(2)9-10-15(16)17-11-14(18-3)13-7-5-4-6-8-13/h4-8,12,14H,9-11H2,1-3H3,(H2,16,17)/t14-/m0/s1. The number of ether oxygens (including phenoxy) is 1. The Morgan fingerprint density at radius 2 is 1.94 bits per heavy atom. The zero-order valence-electron chi connectivity index (χ0n) is 11.6. The average Bonchev–Trinajstić information content (AvgIpc) is 2.38. The van der Waals surface area contributed by atoms with Gasteiger partial charge in [0.25, 0.3) is 0 Å². The molecule has 0 aliphatic heterocycles. The van der Waals surface area contributed by atoms with Crippen LogP contribution in [0.15, 0.2) is 35.3 Å². The van der Waals surface area contributed by atoms with E-state index in [0.29, 0.717) is 12.5 Å². The van der Waals surface area contributed by atoms with Crippen LogP contribution in [0.4, 0.5) is 0 Å². The van der Waals surface area contributed by atoms with Crippen LogP contribution in [0.25, 0.3) is 0 Å². The molecule has 0 radical (unpaired) electrons. The van der Waals surface area contributed by atoms with E-state index in [0.717, 1.165) is 24.2 Å². The fourth-order valence-electron chi connectivity index (χ4n) is 1.70. The van der Waals surface area contributed by atoms with Crippen molar-refractivity contribution in [2.24, 2.45) is 16.6 Å². The summed E-state index contributed by atoms with van der Waals surface area (Å²) in [6.45, 7) is 4.97. The Kier molecular flexibility index (Phi) is 6.44. The summed E-state index contributed by atoms with van der Waals surface area (Å²) in [4.78, 5) is 4.41. The lowest BCUT2D eigenvalue weighted by Crippen LogP contribution is -2.15. The molecule has 0 aliphatic rings. The molecule has 2 N–H and O–H groups in total. The van der Waals surface area contributed by atoms with Gasteiger partial charge in [-0.15, -0.1) is 0 Å². The Hall–Kier alpha value is -1.35. The summed E-state index contributed by atoms with van der Waals surface area (Å²) in [5.41, 5.74) is 7.04. The molecule has 0 unspecified atom stereocenters. The maximum absolute atomic E-state index is 5.90. The minimum atomic E-state index is -0.0104. The second kappa shape index (κ2) is 7.88. The van der Waals surface area contributed by atoms with E-state index in [2.05, 4.69) is 18.8 Å². The number of benzene rings is 1. The van der Waals surface area contributed by atoms with Gasteiger partial charge >= 0.3 is 0 Å². The van der Waals surface area contributed by atoms with Crippen LogP contribution in [0.5, 0.6) is 0 Å². The molecule has 1 rings (SSSR count). The average molecular weight is 248 g/mol. The van der Waals surface area contributed by atoms with Crippen molar-refractivity contribution in [1.29, 1.82) is 0 Å². The third kappa shape index (κ3) is 5.32. The number of hydrogen-bond donors (Lipinski definition) is 1. The minimum absolute atomic E-state index is 0.0104. The first-order valence-electron chi connectivity index (χ1n) is 6.50. The first-order chi connectivity index (χ1) is 8.63. The highest BCUT2D eigenvalue weighted by molar-refractivity contribution is 5.80. The molecule has 0 saturated heterocycles. The molecular weight excluding hydrogens is 224 g/mol. The van der Waals surface area contributed by atoms with Crippen LogP contribution in [0.3, 0.4) is 0 Å². The highest BCUT2D eigenvalue weighted by Gasteiger charge is 2.09. The molecule has 0 bridgehead atoms. The number of methoxy groups -OCH3 is 1. The molecule has 0 fully saturated rings. The third-order valence-electron chi connectivity index (χ3n) is 2.89. The van der Waals surface area contributed by atoms with Gasteiger partial charge in [0.15, 0.2) is 0 Å². The van der Waals surface area contributed by atoms with E-state index in [4.69, 9.17) is 10.5 Å². The van der Waals surface area contributed by atoms with Crippen LogP contribution in [-0.4, -0.2) is 19.5 Å². The first-order valence-corrected chi connectivity index (χ1v) is 6.50. The normalized spacial score (nSPS) is 13.9. The van der Waals surface area contributed by atoms with Crippen molar-refractivity contribution in [3.8, 4) is 0 Å². The van der Waals surface area contributed by atoms with Gasteiger partial charge in [-0.25, -0.2) is 0 Å². The molecule has 0 heterocycles. The van der Waals surface area contributed by atoms with Crippen LogP contribution < -0.4 is 5.73 Å². The van der Waals surface area contributed by atoms with Gasteiger partial charge in [-0.3, -0.25) is 4.99 Å². The summed E-state index contributed by atoms with van der Waals surface area (Å²) in [5.74, 6) is 1.38. The minimum Gasteiger partial charge on any atom is -0.387 e. The molecule has 1 aromatic rings. The van der Waals surface area contributed by atoms with E-state index in [1.807, 2.05) is 30.3 Å². The van der Waals surface area contributed by atoms with Crippen LogP contribution in [-0.2, 0) is 4.74 Å². The van der Waals surface area contributed by atoms with E-state index in [9.17, 15) is 0 Å². The van der Waals surface area contributed by atoms with Crippen molar-refractivity contribution in [3.63, 3.8) is 0 Å². The topological polar surface area (TPSA) is 47.6 Å². The van der Waals surface area contributed by atoms with Crippen molar-refractivity contribution in [2.75, 3.05) is 13.7 Å². The number of aliphatic imine (C=N–C) groups is 1. The molecule has 3 heteroatoms. The molecule has 3 nitrogen and oxygen atoms in total. The largest absolute Gasteiger partial charge is 0.387 e. The lowest BCUT2D eigenvalue weighted by molar-refractivity contribution is 0.111. The fourth-order valence-corrected chi connectivity index (χ4v) is 1.70.